The van der Waals surface area contributed by atoms with Crippen LogP contribution in [0.5, 0.6) is 5.75 Å². The predicted octanol–water partition coefficient (Wildman–Crippen LogP) is 2.16. The lowest BCUT2D eigenvalue weighted by molar-refractivity contribution is -0.139. The minimum absolute atomic E-state index is 0.0102. The summed E-state index contributed by atoms with van der Waals surface area (Å²) in [4.78, 5) is 11.4. The molecule has 1 heterocycles. The normalized spacial score (nSPS) is 22.9. The van der Waals surface area contributed by atoms with E-state index in [9.17, 15) is 22.7 Å². The number of hydrogen-bond acceptors (Lipinski definition) is 5. The number of sulfone groups is 1. The standard InChI is InChI=1S/C18H18FNO5S/c1-25-11-5-4-6-12(9-11)26(23,24)16-10-15(18(21)22)20-17(16)13-7-2-3-8-14(13)19/h2-9,15-17,20H,10H2,1H3,(H,21,22). The zero-order valence-electron chi connectivity index (χ0n) is 13.9. The van der Waals surface area contributed by atoms with Crippen LogP contribution < -0.4 is 10.1 Å². The molecule has 3 unspecified atom stereocenters. The van der Waals surface area contributed by atoms with Gasteiger partial charge in [0.2, 0.25) is 0 Å². The van der Waals surface area contributed by atoms with Crippen LogP contribution >= 0.6 is 0 Å². The average molecular weight is 379 g/mol. The SMILES string of the molecule is COc1cccc(S(=O)(=O)C2CC(C(=O)O)NC2c2ccccc2F)c1. The number of carboxylic acid groups (broad SMARTS) is 1. The van der Waals surface area contributed by atoms with Crippen molar-refractivity contribution in [1.82, 2.24) is 5.32 Å². The van der Waals surface area contributed by atoms with Crippen molar-refractivity contribution in [2.24, 2.45) is 0 Å². The largest absolute Gasteiger partial charge is 0.497 e. The number of rotatable bonds is 5. The summed E-state index contributed by atoms with van der Waals surface area (Å²) in [6.07, 6.45) is -0.159. The Hall–Kier alpha value is -2.45. The first-order valence-corrected chi connectivity index (χ1v) is 9.50. The van der Waals surface area contributed by atoms with Gasteiger partial charge in [-0.2, -0.15) is 0 Å². The lowest BCUT2D eigenvalue weighted by Gasteiger charge is -2.21. The molecule has 0 aromatic heterocycles. The molecule has 1 aliphatic heterocycles. The van der Waals surface area contributed by atoms with Crippen molar-refractivity contribution in [3.8, 4) is 5.75 Å². The van der Waals surface area contributed by atoms with Crippen molar-refractivity contribution in [1.29, 1.82) is 0 Å². The van der Waals surface area contributed by atoms with Crippen molar-refractivity contribution < 1.29 is 27.4 Å². The summed E-state index contributed by atoms with van der Waals surface area (Å²) < 4.78 is 45.6. The summed E-state index contributed by atoms with van der Waals surface area (Å²) in [7, 11) is -2.50. The summed E-state index contributed by atoms with van der Waals surface area (Å²) in [5, 5.41) is 10.9. The van der Waals surface area contributed by atoms with Crippen LogP contribution in [0.15, 0.2) is 53.4 Å². The summed E-state index contributed by atoms with van der Waals surface area (Å²) in [5.74, 6) is -1.38. The van der Waals surface area contributed by atoms with Gasteiger partial charge in [0.25, 0.3) is 0 Å². The quantitative estimate of drug-likeness (QED) is 0.827. The topological polar surface area (TPSA) is 92.7 Å². The van der Waals surface area contributed by atoms with Crippen LogP contribution in [0.3, 0.4) is 0 Å². The fraction of sp³-hybridized carbons (Fsp3) is 0.278. The molecule has 3 atom stereocenters. The number of benzene rings is 2. The van der Waals surface area contributed by atoms with E-state index in [1.807, 2.05) is 0 Å². The fourth-order valence-corrected chi connectivity index (χ4v) is 5.14. The Morgan fingerprint density at radius 3 is 2.62 bits per heavy atom. The van der Waals surface area contributed by atoms with Gasteiger partial charge in [-0.1, -0.05) is 24.3 Å². The van der Waals surface area contributed by atoms with E-state index in [1.165, 1.54) is 37.4 Å². The molecule has 138 valence electrons. The van der Waals surface area contributed by atoms with Gasteiger partial charge >= 0.3 is 5.97 Å². The number of methoxy groups -OCH3 is 1. The second-order valence-electron chi connectivity index (χ2n) is 6.05. The van der Waals surface area contributed by atoms with Crippen LogP contribution in [0.25, 0.3) is 0 Å². The zero-order chi connectivity index (χ0) is 18.9. The fourth-order valence-electron chi connectivity index (χ4n) is 3.21. The third-order valence-electron chi connectivity index (χ3n) is 4.53. The minimum Gasteiger partial charge on any atom is -0.497 e. The second kappa shape index (κ2) is 7.05. The highest BCUT2D eigenvalue weighted by molar-refractivity contribution is 7.92. The van der Waals surface area contributed by atoms with E-state index in [-0.39, 0.29) is 16.9 Å². The Kier molecular flexibility index (Phi) is 4.97. The Labute approximate surface area is 150 Å². The molecule has 6 nitrogen and oxygen atoms in total. The van der Waals surface area contributed by atoms with E-state index < -0.39 is 39.0 Å². The van der Waals surface area contributed by atoms with E-state index in [4.69, 9.17) is 4.74 Å². The summed E-state index contributed by atoms with van der Waals surface area (Å²) in [6.45, 7) is 0. The van der Waals surface area contributed by atoms with Crippen molar-refractivity contribution in [2.45, 2.75) is 28.6 Å². The number of carbonyl (C=O) groups is 1. The van der Waals surface area contributed by atoms with Gasteiger partial charge in [0, 0.05) is 5.56 Å². The summed E-state index contributed by atoms with van der Waals surface area (Å²) in [5.41, 5.74) is 0.132. The van der Waals surface area contributed by atoms with Gasteiger partial charge in [-0.25, -0.2) is 12.8 Å². The van der Waals surface area contributed by atoms with Gasteiger partial charge < -0.3 is 9.84 Å². The molecule has 1 saturated heterocycles. The van der Waals surface area contributed by atoms with Crippen LogP contribution in [0, 0.1) is 5.82 Å². The Bertz CT molecular complexity index is 931. The first-order valence-electron chi connectivity index (χ1n) is 7.96. The van der Waals surface area contributed by atoms with Crippen LogP contribution in [-0.4, -0.2) is 37.9 Å². The number of aliphatic carboxylic acids is 1. The van der Waals surface area contributed by atoms with Crippen molar-refractivity contribution in [3.63, 3.8) is 0 Å². The number of ether oxygens (including phenoxy) is 1. The van der Waals surface area contributed by atoms with Gasteiger partial charge in [-0.3, -0.25) is 10.1 Å². The molecular weight excluding hydrogens is 361 g/mol. The molecule has 0 bridgehead atoms. The Morgan fingerprint density at radius 2 is 1.96 bits per heavy atom. The second-order valence-corrected chi connectivity index (χ2v) is 8.22. The number of halogens is 1. The molecule has 1 fully saturated rings. The number of hydrogen-bond donors (Lipinski definition) is 2. The monoisotopic (exact) mass is 379 g/mol. The van der Waals surface area contributed by atoms with Crippen LogP contribution in [-0.2, 0) is 14.6 Å². The lowest BCUT2D eigenvalue weighted by Crippen LogP contribution is -2.33. The molecule has 1 aliphatic rings. The molecule has 26 heavy (non-hydrogen) atoms. The van der Waals surface area contributed by atoms with Gasteiger partial charge in [0.1, 0.15) is 17.6 Å². The van der Waals surface area contributed by atoms with Gasteiger partial charge in [0.05, 0.1) is 23.3 Å². The maximum absolute atomic E-state index is 14.3. The summed E-state index contributed by atoms with van der Waals surface area (Å²) in [6, 6.07) is 9.68. The zero-order valence-corrected chi connectivity index (χ0v) is 14.7. The summed E-state index contributed by atoms with van der Waals surface area (Å²) >= 11 is 0. The molecule has 0 aliphatic carbocycles. The Morgan fingerprint density at radius 1 is 1.23 bits per heavy atom. The highest BCUT2D eigenvalue weighted by Gasteiger charge is 2.46. The van der Waals surface area contributed by atoms with E-state index in [0.29, 0.717) is 5.75 Å². The number of nitrogens with one attached hydrogen (secondary N) is 1. The molecule has 3 rings (SSSR count). The molecule has 8 heteroatoms. The van der Waals surface area contributed by atoms with Crippen LogP contribution in [0.2, 0.25) is 0 Å². The van der Waals surface area contributed by atoms with Crippen molar-refractivity contribution in [3.05, 3.63) is 59.9 Å². The maximum Gasteiger partial charge on any atom is 0.320 e. The first-order chi connectivity index (χ1) is 12.3. The third kappa shape index (κ3) is 3.30. The highest BCUT2D eigenvalue weighted by atomic mass is 32.2. The molecule has 0 saturated carbocycles. The molecule has 2 aromatic rings. The minimum atomic E-state index is -3.92. The molecule has 0 spiro atoms. The lowest BCUT2D eigenvalue weighted by atomic mass is 10.0. The smallest absolute Gasteiger partial charge is 0.320 e. The van der Waals surface area contributed by atoms with Crippen LogP contribution in [0.1, 0.15) is 18.0 Å². The molecule has 0 amide bonds. The molecule has 2 N–H and O–H groups in total. The van der Waals surface area contributed by atoms with E-state index in [0.717, 1.165) is 0 Å². The van der Waals surface area contributed by atoms with Gasteiger partial charge in [-0.05, 0) is 30.7 Å². The average Bonchev–Trinajstić information content (AvgIpc) is 3.08. The molecule has 2 aromatic carbocycles. The molecular formula is C18H18FNO5S. The third-order valence-corrected chi connectivity index (χ3v) is 6.70. The van der Waals surface area contributed by atoms with Crippen LogP contribution in [0.4, 0.5) is 4.39 Å². The highest BCUT2D eigenvalue weighted by Crippen LogP contribution is 2.37. The van der Waals surface area contributed by atoms with E-state index in [1.54, 1.807) is 18.2 Å². The molecule has 0 radical (unpaired) electrons. The first kappa shape index (κ1) is 18.3. The van der Waals surface area contributed by atoms with E-state index in [2.05, 4.69) is 5.32 Å². The van der Waals surface area contributed by atoms with Gasteiger partial charge in [0.15, 0.2) is 9.84 Å². The van der Waals surface area contributed by atoms with Gasteiger partial charge in [-0.15, -0.1) is 0 Å². The maximum atomic E-state index is 14.3. The number of carboxylic acids is 1. The van der Waals surface area contributed by atoms with Crippen molar-refractivity contribution >= 4 is 15.8 Å². The van der Waals surface area contributed by atoms with Crippen molar-refractivity contribution in [2.75, 3.05) is 7.11 Å². The van der Waals surface area contributed by atoms with E-state index >= 15 is 0 Å². The Balaban J connectivity index is 2.06. The predicted molar refractivity (Wildman–Crippen MR) is 92.3 cm³/mol.